The quantitative estimate of drug-likeness (QED) is 0.811. The summed E-state index contributed by atoms with van der Waals surface area (Å²) in [5.41, 5.74) is 13.4. The molecule has 0 atom stereocenters. The topological polar surface area (TPSA) is 77.8 Å². The molecule has 0 radical (unpaired) electrons. The van der Waals surface area contributed by atoms with Crippen LogP contribution in [0.3, 0.4) is 0 Å². The molecule has 0 unspecified atom stereocenters. The molecule has 0 aromatic carbocycles. The van der Waals surface area contributed by atoms with Crippen molar-refractivity contribution >= 4 is 5.95 Å². The largest absolute Gasteiger partial charge is 0.368 e. The van der Waals surface area contributed by atoms with Gasteiger partial charge in [-0.2, -0.15) is 0 Å². The lowest BCUT2D eigenvalue weighted by molar-refractivity contribution is 0.436. The van der Waals surface area contributed by atoms with E-state index >= 15 is 0 Å². The number of hydrogen-bond donors (Lipinski definition) is 2. The second kappa shape index (κ2) is 5.25. The van der Waals surface area contributed by atoms with Crippen LogP contribution >= 0.6 is 0 Å². The third kappa shape index (κ3) is 2.70. The van der Waals surface area contributed by atoms with Crippen LogP contribution in [0.1, 0.15) is 49.4 Å². The van der Waals surface area contributed by atoms with Crippen LogP contribution in [-0.2, 0) is 6.42 Å². The van der Waals surface area contributed by atoms with Crippen molar-refractivity contribution in [2.24, 2.45) is 5.73 Å². The van der Waals surface area contributed by atoms with E-state index in [1.165, 1.54) is 32.1 Å². The zero-order valence-electron chi connectivity index (χ0n) is 9.65. The van der Waals surface area contributed by atoms with E-state index in [9.17, 15) is 0 Å². The molecular weight excluding hydrogens is 200 g/mol. The second-order valence-electron chi connectivity index (χ2n) is 4.52. The predicted octanol–water partition coefficient (Wildman–Crippen LogP) is 1.61. The molecule has 1 fully saturated rings. The molecule has 0 spiro atoms. The van der Waals surface area contributed by atoms with Crippen molar-refractivity contribution < 1.29 is 0 Å². The lowest BCUT2D eigenvalue weighted by Crippen LogP contribution is -2.12. The predicted molar refractivity (Wildman–Crippen MR) is 65.0 cm³/mol. The highest BCUT2D eigenvalue weighted by Crippen LogP contribution is 2.31. The van der Waals surface area contributed by atoms with Gasteiger partial charge in [0.1, 0.15) is 0 Å². The fourth-order valence-electron chi connectivity index (χ4n) is 2.42. The number of aromatic nitrogens is 2. The van der Waals surface area contributed by atoms with Crippen LogP contribution in [-0.4, -0.2) is 16.5 Å². The minimum Gasteiger partial charge on any atom is -0.368 e. The van der Waals surface area contributed by atoms with E-state index in [1.54, 1.807) is 0 Å². The molecule has 0 amide bonds. The van der Waals surface area contributed by atoms with Crippen molar-refractivity contribution in [1.29, 1.82) is 0 Å². The molecule has 16 heavy (non-hydrogen) atoms. The minimum absolute atomic E-state index is 0.395. The molecule has 0 bridgehead atoms. The third-order valence-corrected chi connectivity index (χ3v) is 3.24. The van der Waals surface area contributed by atoms with Crippen LogP contribution in [0, 0.1) is 0 Å². The van der Waals surface area contributed by atoms with Crippen LogP contribution in [0.4, 0.5) is 5.95 Å². The first kappa shape index (κ1) is 11.3. The van der Waals surface area contributed by atoms with Crippen LogP contribution in [0.5, 0.6) is 0 Å². The first-order chi connectivity index (χ1) is 7.79. The Labute approximate surface area is 96.5 Å². The highest BCUT2D eigenvalue weighted by molar-refractivity contribution is 5.25. The van der Waals surface area contributed by atoms with Gasteiger partial charge in [-0.05, 0) is 25.5 Å². The summed E-state index contributed by atoms with van der Waals surface area (Å²) in [5.74, 6) is 0.974. The monoisotopic (exact) mass is 220 g/mol. The van der Waals surface area contributed by atoms with Gasteiger partial charge in [-0.15, -0.1) is 0 Å². The van der Waals surface area contributed by atoms with E-state index in [0.717, 1.165) is 17.8 Å². The van der Waals surface area contributed by atoms with Gasteiger partial charge in [-0.25, -0.2) is 9.97 Å². The number of rotatable bonds is 3. The Morgan fingerprint density at radius 2 is 1.94 bits per heavy atom. The van der Waals surface area contributed by atoms with Gasteiger partial charge in [0.2, 0.25) is 5.95 Å². The van der Waals surface area contributed by atoms with E-state index in [0.29, 0.717) is 18.4 Å². The molecule has 88 valence electrons. The van der Waals surface area contributed by atoms with Gasteiger partial charge in [0.05, 0.1) is 0 Å². The fraction of sp³-hybridized carbons (Fsp3) is 0.667. The summed E-state index contributed by atoms with van der Waals surface area (Å²) in [5, 5.41) is 0. The van der Waals surface area contributed by atoms with Crippen molar-refractivity contribution in [1.82, 2.24) is 9.97 Å². The molecule has 4 heteroatoms. The van der Waals surface area contributed by atoms with Crippen molar-refractivity contribution in [3.8, 4) is 0 Å². The molecule has 4 nitrogen and oxygen atoms in total. The summed E-state index contributed by atoms with van der Waals surface area (Å²) in [7, 11) is 0. The zero-order valence-corrected chi connectivity index (χ0v) is 9.65. The zero-order chi connectivity index (χ0) is 11.4. The van der Waals surface area contributed by atoms with Crippen LogP contribution in [0.25, 0.3) is 0 Å². The highest BCUT2D eigenvalue weighted by atomic mass is 15.0. The van der Waals surface area contributed by atoms with E-state index in [2.05, 4.69) is 16.0 Å². The molecule has 1 saturated carbocycles. The number of hydrogen-bond acceptors (Lipinski definition) is 4. The number of nitrogens with zero attached hydrogens (tertiary/aromatic N) is 2. The van der Waals surface area contributed by atoms with Gasteiger partial charge < -0.3 is 11.5 Å². The van der Waals surface area contributed by atoms with Crippen LogP contribution < -0.4 is 11.5 Å². The summed E-state index contributed by atoms with van der Waals surface area (Å²) < 4.78 is 0. The minimum atomic E-state index is 0.395. The molecule has 4 N–H and O–H groups in total. The summed E-state index contributed by atoms with van der Waals surface area (Å²) in [6.07, 6.45) is 7.22. The van der Waals surface area contributed by atoms with Crippen molar-refractivity contribution in [2.75, 3.05) is 12.3 Å². The van der Waals surface area contributed by atoms with Crippen molar-refractivity contribution in [2.45, 2.75) is 44.4 Å². The SMILES string of the molecule is NCCc1cc(C2CCCCC2)nc(N)n1. The summed E-state index contributed by atoms with van der Waals surface area (Å²) >= 11 is 0. The maximum Gasteiger partial charge on any atom is 0.220 e. The molecule has 0 aliphatic heterocycles. The van der Waals surface area contributed by atoms with Crippen molar-refractivity contribution in [3.63, 3.8) is 0 Å². The number of nitrogens with two attached hydrogens (primary N) is 2. The molecule has 1 aliphatic rings. The van der Waals surface area contributed by atoms with Gasteiger partial charge in [-0.3, -0.25) is 0 Å². The molecular formula is C12H20N4. The van der Waals surface area contributed by atoms with Crippen LogP contribution in [0.15, 0.2) is 6.07 Å². The number of anilines is 1. The maximum atomic E-state index is 5.73. The summed E-state index contributed by atoms with van der Waals surface area (Å²) in [6, 6.07) is 2.08. The second-order valence-corrected chi connectivity index (χ2v) is 4.52. The lowest BCUT2D eigenvalue weighted by atomic mass is 9.86. The normalized spacial score (nSPS) is 17.6. The smallest absolute Gasteiger partial charge is 0.220 e. The first-order valence-corrected chi connectivity index (χ1v) is 6.13. The standard InChI is InChI=1S/C12H20N4/c13-7-6-10-8-11(16-12(14)15-10)9-4-2-1-3-5-9/h8-9H,1-7,13H2,(H2,14,15,16). The molecule has 1 aliphatic carbocycles. The van der Waals surface area contributed by atoms with E-state index < -0.39 is 0 Å². The molecule has 0 saturated heterocycles. The van der Waals surface area contributed by atoms with Gasteiger partial charge in [0.25, 0.3) is 0 Å². The average Bonchev–Trinajstić information content (AvgIpc) is 2.30. The third-order valence-electron chi connectivity index (χ3n) is 3.24. The van der Waals surface area contributed by atoms with Gasteiger partial charge >= 0.3 is 0 Å². The average molecular weight is 220 g/mol. The Balaban J connectivity index is 2.18. The van der Waals surface area contributed by atoms with Crippen molar-refractivity contribution in [3.05, 3.63) is 17.5 Å². The highest BCUT2D eigenvalue weighted by Gasteiger charge is 2.17. The Morgan fingerprint density at radius 1 is 1.19 bits per heavy atom. The fourth-order valence-corrected chi connectivity index (χ4v) is 2.42. The molecule has 1 aromatic rings. The van der Waals surface area contributed by atoms with Gasteiger partial charge in [0, 0.05) is 23.7 Å². The Bertz CT molecular complexity index is 345. The van der Waals surface area contributed by atoms with E-state index in [4.69, 9.17) is 11.5 Å². The Hall–Kier alpha value is -1.16. The van der Waals surface area contributed by atoms with Gasteiger partial charge in [0.15, 0.2) is 0 Å². The van der Waals surface area contributed by atoms with E-state index in [-0.39, 0.29) is 0 Å². The summed E-state index contributed by atoms with van der Waals surface area (Å²) in [4.78, 5) is 8.57. The Morgan fingerprint density at radius 3 is 2.62 bits per heavy atom. The Kier molecular flexibility index (Phi) is 3.72. The molecule has 2 rings (SSSR count). The molecule has 1 aromatic heterocycles. The first-order valence-electron chi connectivity index (χ1n) is 6.13. The number of nitrogen functional groups attached to an aromatic ring is 1. The van der Waals surface area contributed by atoms with Gasteiger partial charge in [-0.1, -0.05) is 19.3 Å². The lowest BCUT2D eigenvalue weighted by Gasteiger charge is -2.21. The van der Waals surface area contributed by atoms with Crippen LogP contribution in [0.2, 0.25) is 0 Å². The molecule has 1 heterocycles. The summed E-state index contributed by atoms with van der Waals surface area (Å²) in [6.45, 7) is 0.612. The maximum absolute atomic E-state index is 5.73. The van der Waals surface area contributed by atoms with E-state index in [1.807, 2.05) is 0 Å².